The number of ether oxygens (including phenoxy) is 1. The lowest BCUT2D eigenvalue weighted by molar-refractivity contribution is -0.133. The van der Waals surface area contributed by atoms with Gasteiger partial charge in [0, 0.05) is 49.3 Å². The Kier molecular flexibility index (Phi) is 8.98. The Labute approximate surface area is 188 Å². The highest BCUT2D eigenvalue weighted by molar-refractivity contribution is 6.31. The summed E-state index contributed by atoms with van der Waals surface area (Å²) in [6, 6.07) is 8.83. The Bertz CT molecular complexity index is 906. The third-order valence-corrected chi connectivity index (χ3v) is 5.91. The van der Waals surface area contributed by atoms with Gasteiger partial charge in [-0.2, -0.15) is 0 Å². The highest BCUT2D eigenvalue weighted by atomic mass is 35.5. The summed E-state index contributed by atoms with van der Waals surface area (Å²) in [4.78, 5) is 28.9. The summed E-state index contributed by atoms with van der Waals surface area (Å²) in [5.41, 5.74) is 0.597. The number of rotatable bonds is 10. The molecular formula is C24H31ClN2O4. The van der Waals surface area contributed by atoms with Gasteiger partial charge in [-0.25, -0.2) is 0 Å². The van der Waals surface area contributed by atoms with Crippen molar-refractivity contribution in [3.63, 3.8) is 0 Å². The van der Waals surface area contributed by atoms with Gasteiger partial charge in [0.2, 0.25) is 17.1 Å². The molecule has 0 spiro atoms. The highest BCUT2D eigenvalue weighted by Gasteiger charge is 2.21. The number of carbonyl (C=O) groups is 1. The molecule has 7 heteroatoms. The van der Waals surface area contributed by atoms with Gasteiger partial charge in [0.1, 0.15) is 18.6 Å². The van der Waals surface area contributed by atoms with Crippen LogP contribution in [0.5, 0.6) is 5.75 Å². The van der Waals surface area contributed by atoms with E-state index in [0.29, 0.717) is 23.7 Å². The molecule has 1 saturated heterocycles. The fourth-order valence-corrected chi connectivity index (χ4v) is 3.82. The van der Waals surface area contributed by atoms with E-state index in [1.165, 1.54) is 25.2 Å². The molecule has 1 aromatic heterocycles. The first-order valence-electron chi connectivity index (χ1n) is 11.0. The van der Waals surface area contributed by atoms with E-state index in [4.69, 9.17) is 20.8 Å². The van der Waals surface area contributed by atoms with Crippen LogP contribution in [0.25, 0.3) is 0 Å². The molecule has 0 atom stereocenters. The predicted octanol–water partition coefficient (Wildman–Crippen LogP) is 4.49. The Morgan fingerprint density at radius 2 is 1.90 bits per heavy atom. The number of hydrogen-bond acceptors (Lipinski definition) is 5. The summed E-state index contributed by atoms with van der Waals surface area (Å²) in [6.45, 7) is 5.90. The second-order valence-corrected chi connectivity index (χ2v) is 8.33. The van der Waals surface area contributed by atoms with Crippen LogP contribution in [-0.4, -0.2) is 41.9 Å². The second-order valence-electron chi connectivity index (χ2n) is 7.92. The average Bonchev–Trinajstić information content (AvgIpc) is 2.77. The second kappa shape index (κ2) is 11.9. The van der Waals surface area contributed by atoms with E-state index in [-0.39, 0.29) is 23.7 Å². The van der Waals surface area contributed by atoms with Crippen LogP contribution in [0.4, 0.5) is 0 Å². The number of unbranched alkanes of at least 4 members (excludes halogenated alkanes) is 3. The Balaban J connectivity index is 1.45. The van der Waals surface area contributed by atoms with Crippen molar-refractivity contribution < 1.29 is 13.9 Å². The van der Waals surface area contributed by atoms with Crippen LogP contribution in [0.3, 0.4) is 0 Å². The van der Waals surface area contributed by atoms with E-state index < -0.39 is 0 Å². The molecule has 0 bridgehead atoms. The first-order chi connectivity index (χ1) is 15.1. The maximum atomic E-state index is 12.4. The molecule has 0 N–H and O–H groups in total. The van der Waals surface area contributed by atoms with Crippen molar-refractivity contribution in [2.75, 3.05) is 26.2 Å². The minimum Gasteiger partial charge on any atom is -0.482 e. The van der Waals surface area contributed by atoms with Crippen molar-refractivity contribution in [2.45, 2.75) is 52.2 Å². The van der Waals surface area contributed by atoms with Crippen LogP contribution < -0.4 is 10.2 Å². The molecule has 2 aromatic rings. The zero-order chi connectivity index (χ0) is 22.1. The normalized spacial score (nSPS) is 14.6. The van der Waals surface area contributed by atoms with Crippen molar-refractivity contribution in [2.24, 2.45) is 0 Å². The van der Waals surface area contributed by atoms with Crippen LogP contribution in [-0.2, 0) is 17.9 Å². The summed E-state index contributed by atoms with van der Waals surface area (Å²) in [5, 5.41) is 0.599. The van der Waals surface area contributed by atoms with Gasteiger partial charge in [-0.05, 0) is 12.5 Å². The van der Waals surface area contributed by atoms with Gasteiger partial charge in [0.15, 0.2) is 0 Å². The quantitative estimate of drug-likeness (QED) is 0.503. The van der Waals surface area contributed by atoms with E-state index in [1.807, 2.05) is 23.1 Å². The summed E-state index contributed by atoms with van der Waals surface area (Å²) < 4.78 is 11.2. The first kappa shape index (κ1) is 23.4. The average molecular weight is 447 g/mol. The molecule has 0 saturated carbocycles. The third-order valence-electron chi connectivity index (χ3n) is 5.54. The van der Waals surface area contributed by atoms with Crippen LogP contribution in [0.15, 0.2) is 45.8 Å². The van der Waals surface area contributed by atoms with Crippen LogP contribution in [0.2, 0.25) is 5.02 Å². The number of amides is 1. The van der Waals surface area contributed by atoms with Gasteiger partial charge in [0.25, 0.3) is 0 Å². The Hall–Kier alpha value is -2.31. The van der Waals surface area contributed by atoms with E-state index in [1.54, 1.807) is 6.07 Å². The van der Waals surface area contributed by atoms with Gasteiger partial charge >= 0.3 is 0 Å². The van der Waals surface area contributed by atoms with Crippen LogP contribution in [0.1, 0.15) is 50.4 Å². The summed E-state index contributed by atoms with van der Waals surface area (Å²) >= 11 is 6.12. The minimum atomic E-state index is -0.214. The zero-order valence-electron chi connectivity index (χ0n) is 18.1. The smallest absolute Gasteiger partial charge is 0.227 e. The minimum absolute atomic E-state index is 0.169. The fourth-order valence-electron chi connectivity index (χ4n) is 3.63. The van der Waals surface area contributed by atoms with Crippen molar-refractivity contribution in [3.05, 3.63) is 63.2 Å². The summed E-state index contributed by atoms with van der Waals surface area (Å²) in [7, 11) is 0. The van der Waals surface area contributed by atoms with Crippen LogP contribution >= 0.6 is 11.6 Å². The van der Waals surface area contributed by atoms with E-state index >= 15 is 0 Å². The lowest BCUT2D eigenvalue weighted by Gasteiger charge is -2.34. The third kappa shape index (κ3) is 7.11. The fraction of sp³-hybridized carbons (Fsp3) is 0.500. The molecule has 1 amide bonds. The van der Waals surface area contributed by atoms with E-state index in [0.717, 1.165) is 44.6 Å². The molecule has 1 aromatic carbocycles. The van der Waals surface area contributed by atoms with Gasteiger partial charge in [-0.15, -0.1) is 0 Å². The monoisotopic (exact) mass is 446 g/mol. The molecule has 1 fully saturated rings. The van der Waals surface area contributed by atoms with Crippen molar-refractivity contribution in [1.29, 1.82) is 0 Å². The number of carbonyl (C=O) groups excluding carboxylic acids is 1. The number of nitrogens with zero attached hydrogens (tertiary/aromatic N) is 2. The summed E-state index contributed by atoms with van der Waals surface area (Å²) in [5.74, 6) is 1.01. The predicted molar refractivity (Wildman–Crippen MR) is 121 cm³/mol. The van der Waals surface area contributed by atoms with Gasteiger partial charge < -0.3 is 14.1 Å². The van der Waals surface area contributed by atoms with Gasteiger partial charge in [-0.3, -0.25) is 14.5 Å². The lowest BCUT2D eigenvalue weighted by Crippen LogP contribution is -2.48. The van der Waals surface area contributed by atoms with Crippen molar-refractivity contribution >= 4 is 17.5 Å². The number of halogens is 1. The molecule has 0 radical (unpaired) electrons. The van der Waals surface area contributed by atoms with Gasteiger partial charge in [-0.1, -0.05) is 56.0 Å². The summed E-state index contributed by atoms with van der Waals surface area (Å²) in [6.07, 6.45) is 6.48. The lowest BCUT2D eigenvalue weighted by atomic mass is 10.1. The number of benzene rings is 1. The largest absolute Gasteiger partial charge is 0.482 e. The SMILES string of the molecule is CCCCCCC(=O)N1CCN(Cc2cc(=O)c(OCc3ccccc3Cl)co2)CC1. The van der Waals surface area contributed by atoms with Crippen molar-refractivity contribution in [1.82, 2.24) is 9.80 Å². The molecule has 1 aliphatic heterocycles. The molecule has 3 rings (SSSR count). The molecule has 168 valence electrons. The highest BCUT2D eigenvalue weighted by Crippen LogP contribution is 2.18. The van der Waals surface area contributed by atoms with Crippen molar-refractivity contribution in [3.8, 4) is 5.75 Å². The van der Waals surface area contributed by atoms with Crippen LogP contribution in [0, 0.1) is 0 Å². The Morgan fingerprint density at radius 1 is 1.13 bits per heavy atom. The molecule has 0 unspecified atom stereocenters. The van der Waals surface area contributed by atoms with Gasteiger partial charge in [0.05, 0.1) is 6.54 Å². The Morgan fingerprint density at radius 3 is 2.61 bits per heavy atom. The first-order valence-corrected chi connectivity index (χ1v) is 11.4. The standard InChI is InChI=1S/C24H31ClN2O4/c1-2-3-4-5-10-24(29)27-13-11-26(12-14-27)16-20-15-22(28)23(18-30-20)31-17-19-8-6-7-9-21(19)25/h6-9,15,18H,2-5,10-14,16-17H2,1H3. The number of piperazine rings is 1. The molecule has 31 heavy (non-hydrogen) atoms. The molecular weight excluding hydrogens is 416 g/mol. The molecule has 6 nitrogen and oxygen atoms in total. The number of hydrogen-bond donors (Lipinski definition) is 0. The van der Waals surface area contributed by atoms with E-state index in [9.17, 15) is 9.59 Å². The zero-order valence-corrected chi connectivity index (χ0v) is 18.9. The van der Waals surface area contributed by atoms with E-state index in [2.05, 4.69) is 11.8 Å². The topological polar surface area (TPSA) is 63.0 Å². The molecule has 0 aliphatic carbocycles. The molecule has 1 aliphatic rings. The maximum absolute atomic E-state index is 12.4. The molecule has 2 heterocycles. The maximum Gasteiger partial charge on any atom is 0.227 e.